The average molecular weight is 237 g/mol. The summed E-state index contributed by atoms with van der Waals surface area (Å²) in [7, 11) is 3.05. The van der Waals surface area contributed by atoms with E-state index in [0.29, 0.717) is 11.5 Å². The number of aromatic hydroxyl groups is 1. The van der Waals surface area contributed by atoms with Crippen LogP contribution in [0.5, 0.6) is 17.2 Å². The van der Waals surface area contributed by atoms with E-state index in [2.05, 4.69) is 13.8 Å². The number of ether oxygens (including phenoxy) is 2. The van der Waals surface area contributed by atoms with Crippen LogP contribution in [0.3, 0.4) is 0 Å². The van der Waals surface area contributed by atoms with Crippen LogP contribution >= 0.6 is 0 Å². The predicted molar refractivity (Wildman–Crippen MR) is 65.7 cm³/mol. The molecule has 1 fully saturated rings. The molecule has 0 bridgehead atoms. The molecule has 17 heavy (non-hydrogen) atoms. The quantitative estimate of drug-likeness (QED) is 0.842. The molecule has 3 N–H and O–H groups in total. The van der Waals surface area contributed by atoms with Crippen LogP contribution in [0.1, 0.15) is 25.3 Å². The van der Waals surface area contributed by atoms with Gasteiger partial charge in [0.1, 0.15) is 0 Å². The largest absolute Gasteiger partial charge is 0.502 e. The van der Waals surface area contributed by atoms with Gasteiger partial charge in [-0.3, -0.25) is 0 Å². The Morgan fingerprint density at radius 3 is 1.88 bits per heavy atom. The first-order chi connectivity index (χ1) is 7.93. The molecule has 1 aliphatic rings. The topological polar surface area (TPSA) is 64.7 Å². The second kappa shape index (κ2) is 3.81. The summed E-state index contributed by atoms with van der Waals surface area (Å²) in [5.41, 5.74) is 7.19. The zero-order valence-corrected chi connectivity index (χ0v) is 10.7. The zero-order chi connectivity index (χ0) is 12.8. The Labute approximate surface area is 101 Å². The molecule has 0 aliphatic heterocycles. The maximum Gasteiger partial charge on any atom is 0.200 e. The summed E-state index contributed by atoms with van der Waals surface area (Å²) < 4.78 is 10.3. The van der Waals surface area contributed by atoms with Crippen LogP contribution in [-0.4, -0.2) is 25.4 Å². The van der Waals surface area contributed by atoms with Crippen LogP contribution in [0.15, 0.2) is 12.1 Å². The van der Waals surface area contributed by atoms with E-state index in [-0.39, 0.29) is 23.1 Å². The molecule has 4 heteroatoms. The Bertz CT molecular complexity index is 417. The van der Waals surface area contributed by atoms with Crippen molar-refractivity contribution in [1.29, 1.82) is 0 Å². The van der Waals surface area contributed by atoms with Gasteiger partial charge in [-0.1, -0.05) is 13.8 Å². The molecular formula is C13H19NO3. The van der Waals surface area contributed by atoms with Crippen LogP contribution in [-0.2, 0) is 0 Å². The minimum Gasteiger partial charge on any atom is -0.502 e. The van der Waals surface area contributed by atoms with Gasteiger partial charge in [-0.2, -0.15) is 0 Å². The Morgan fingerprint density at radius 1 is 1.18 bits per heavy atom. The van der Waals surface area contributed by atoms with E-state index in [9.17, 15) is 5.11 Å². The standard InChI is InChI=1S/C13H19NO3/c1-13(2)10(12(13)14)7-5-8(16-3)11(15)9(6-7)17-4/h5-6,10,12,15H,14H2,1-4H3. The molecule has 1 aliphatic carbocycles. The van der Waals surface area contributed by atoms with Crippen molar-refractivity contribution >= 4 is 0 Å². The molecule has 0 spiro atoms. The number of methoxy groups -OCH3 is 2. The smallest absolute Gasteiger partial charge is 0.200 e. The van der Waals surface area contributed by atoms with Crippen LogP contribution in [0.4, 0.5) is 0 Å². The number of rotatable bonds is 3. The third-order valence-corrected chi connectivity index (χ3v) is 3.77. The monoisotopic (exact) mass is 237 g/mol. The fourth-order valence-electron chi connectivity index (χ4n) is 2.41. The summed E-state index contributed by atoms with van der Waals surface area (Å²) in [4.78, 5) is 0. The van der Waals surface area contributed by atoms with E-state index < -0.39 is 0 Å². The highest BCUT2D eigenvalue weighted by atomic mass is 16.5. The van der Waals surface area contributed by atoms with Crippen molar-refractivity contribution in [2.24, 2.45) is 11.1 Å². The first-order valence-electron chi connectivity index (χ1n) is 5.64. The molecule has 0 radical (unpaired) electrons. The Hall–Kier alpha value is -1.42. The molecule has 2 atom stereocenters. The number of hydrogen-bond donors (Lipinski definition) is 2. The Balaban J connectivity index is 2.43. The van der Waals surface area contributed by atoms with Crippen molar-refractivity contribution in [2.75, 3.05) is 14.2 Å². The van der Waals surface area contributed by atoms with Crippen molar-refractivity contribution in [3.8, 4) is 17.2 Å². The van der Waals surface area contributed by atoms with E-state index >= 15 is 0 Å². The highest BCUT2D eigenvalue weighted by molar-refractivity contribution is 5.55. The number of nitrogens with two attached hydrogens (primary N) is 1. The van der Waals surface area contributed by atoms with Gasteiger partial charge in [0.25, 0.3) is 0 Å². The minimum atomic E-state index is 0.0331. The van der Waals surface area contributed by atoms with E-state index in [1.54, 1.807) is 0 Å². The van der Waals surface area contributed by atoms with Crippen molar-refractivity contribution < 1.29 is 14.6 Å². The molecule has 94 valence electrons. The second-order valence-electron chi connectivity index (χ2n) is 5.10. The van der Waals surface area contributed by atoms with Gasteiger partial charge >= 0.3 is 0 Å². The van der Waals surface area contributed by atoms with Crippen molar-refractivity contribution in [2.45, 2.75) is 25.8 Å². The number of hydrogen-bond acceptors (Lipinski definition) is 4. The normalized spacial score (nSPS) is 25.5. The Kier molecular flexibility index (Phi) is 2.70. The van der Waals surface area contributed by atoms with E-state index in [1.807, 2.05) is 12.1 Å². The molecule has 1 aromatic rings. The number of phenols is 1. The molecule has 0 amide bonds. The van der Waals surface area contributed by atoms with Gasteiger partial charge in [0.05, 0.1) is 14.2 Å². The van der Waals surface area contributed by atoms with Gasteiger partial charge < -0.3 is 20.3 Å². The van der Waals surface area contributed by atoms with E-state index in [4.69, 9.17) is 15.2 Å². The summed E-state index contributed by atoms with van der Waals surface area (Å²) in [6.07, 6.45) is 0. The fraction of sp³-hybridized carbons (Fsp3) is 0.538. The van der Waals surface area contributed by atoms with E-state index in [1.165, 1.54) is 14.2 Å². The summed E-state index contributed by atoms with van der Waals surface area (Å²) in [5, 5.41) is 9.83. The molecule has 1 saturated carbocycles. The van der Waals surface area contributed by atoms with E-state index in [0.717, 1.165) is 5.56 Å². The highest BCUT2D eigenvalue weighted by Crippen LogP contribution is 2.58. The molecule has 2 rings (SSSR count). The lowest BCUT2D eigenvalue weighted by Crippen LogP contribution is -2.06. The molecule has 0 aromatic heterocycles. The summed E-state index contributed by atoms with van der Waals surface area (Å²) >= 11 is 0. The lowest BCUT2D eigenvalue weighted by atomic mass is 10.0. The van der Waals surface area contributed by atoms with Gasteiger partial charge in [-0.15, -0.1) is 0 Å². The maximum absolute atomic E-state index is 9.83. The molecule has 0 saturated heterocycles. The molecule has 1 aromatic carbocycles. The number of phenolic OH excluding ortho intramolecular Hbond substituents is 1. The predicted octanol–water partition coefficient (Wildman–Crippen LogP) is 1.86. The lowest BCUT2D eigenvalue weighted by Gasteiger charge is -2.11. The maximum atomic E-state index is 9.83. The fourth-order valence-corrected chi connectivity index (χ4v) is 2.41. The summed E-state index contributed by atoms with van der Waals surface area (Å²) in [6.45, 7) is 4.27. The summed E-state index contributed by atoms with van der Waals surface area (Å²) in [6, 6.07) is 3.80. The molecule has 2 unspecified atom stereocenters. The van der Waals surface area contributed by atoms with Crippen LogP contribution in [0, 0.1) is 5.41 Å². The lowest BCUT2D eigenvalue weighted by molar-refractivity contribution is 0.339. The SMILES string of the molecule is COc1cc(C2C(N)C2(C)C)cc(OC)c1O. The third-order valence-electron chi connectivity index (χ3n) is 3.77. The van der Waals surface area contributed by atoms with Gasteiger partial charge in [0.2, 0.25) is 5.75 Å². The van der Waals surface area contributed by atoms with Crippen LogP contribution < -0.4 is 15.2 Å². The van der Waals surface area contributed by atoms with Gasteiger partial charge in [0, 0.05) is 12.0 Å². The zero-order valence-electron chi connectivity index (χ0n) is 10.7. The van der Waals surface area contributed by atoms with Gasteiger partial charge in [0.15, 0.2) is 11.5 Å². The second-order valence-corrected chi connectivity index (χ2v) is 5.10. The van der Waals surface area contributed by atoms with Crippen molar-refractivity contribution in [1.82, 2.24) is 0 Å². The average Bonchev–Trinajstić information content (AvgIpc) is 2.79. The van der Waals surface area contributed by atoms with Crippen LogP contribution in [0.25, 0.3) is 0 Å². The first kappa shape index (κ1) is 12.0. The first-order valence-corrected chi connectivity index (χ1v) is 5.64. The molecular weight excluding hydrogens is 218 g/mol. The Morgan fingerprint density at radius 2 is 1.59 bits per heavy atom. The molecule has 4 nitrogen and oxygen atoms in total. The molecule has 0 heterocycles. The van der Waals surface area contributed by atoms with Crippen molar-refractivity contribution in [3.05, 3.63) is 17.7 Å². The van der Waals surface area contributed by atoms with Crippen molar-refractivity contribution in [3.63, 3.8) is 0 Å². The van der Waals surface area contributed by atoms with Gasteiger partial charge in [-0.05, 0) is 23.1 Å². The minimum absolute atomic E-state index is 0.0331. The number of benzene rings is 1. The van der Waals surface area contributed by atoms with Crippen LogP contribution in [0.2, 0.25) is 0 Å². The van der Waals surface area contributed by atoms with Gasteiger partial charge in [-0.25, -0.2) is 0 Å². The third kappa shape index (κ3) is 1.72. The highest BCUT2D eigenvalue weighted by Gasteiger charge is 2.56. The summed E-state index contributed by atoms with van der Waals surface area (Å²) in [5.74, 6) is 1.17.